The molecule has 2 aromatic carbocycles. The lowest BCUT2D eigenvalue weighted by atomic mass is 10.00. The maximum absolute atomic E-state index is 13.3. The second-order valence-corrected chi connectivity index (χ2v) is 7.56. The van der Waals surface area contributed by atoms with E-state index in [1.54, 1.807) is 0 Å². The van der Waals surface area contributed by atoms with Crippen LogP contribution in [0.1, 0.15) is 41.6 Å². The molecule has 29 heavy (non-hydrogen) atoms. The Morgan fingerprint density at radius 2 is 2.17 bits per heavy atom. The molecular formula is C24H25FN2O2. The van der Waals surface area contributed by atoms with Crippen molar-refractivity contribution in [2.75, 3.05) is 13.7 Å². The van der Waals surface area contributed by atoms with Gasteiger partial charge in [0, 0.05) is 29.2 Å². The number of ether oxygens (including phenoxy) is 1. The quantitative estimate of drug-likeness (QED) is 0.472. The van der Waals surface area contributed by atoms with E-state index in [1.165, 1.54) is 42.0 Å². The van der Waals surface area contributed by atoms with Crippen LogP contribution < -0.4 is 5.32 Å². The molecule has 1 aromatic heterocycles. The Hall–Kier alpha value is -2.92. The van der Waals surface area contributed by atoms with Crippen molar-refractivity contribution in [2.45, 2.75) is 32.2 Å². The van der Waals surface area contributed by atoms with E-state index in [2.05, 4.69) is 28.5 Å². The van der Waals surface area contributed by atoms with Crippen LogP contribution in [-0.2, 0) is 22.4 Å². The summed E-state index contributed by atoms with van der Waals surface area (Å²) in [6.45, 7) is 2.79. The topological polar surface area (TPSA) is 54.1 Å². The van der Waals surface area contributed by atoms with Crippen LogP contribution in [0.15, 0.2) is 48.7 Å². The van der Waals surface area contributed by atoms with Gasteiger partial charge in [-0.05, 0) is 78.8 Å². The number of nitrogens with one attached hydrogen (secondary N) is 2. The average Bonchev–Trinajstić information content (AvgIpc) is 3.31. The van der Waals surface area contributed by atoms with Crippen LogP contribution in [0.3, 0.4) is 0 Å². The van der Waals surface area contributed by atoms with Crippen LogP contribution in [0.5, 0.6) is 0 Å². The fourth-order valence-electron chi connectivity index (χ4n) is 4.14. The number of allylic oxidation sites excluding steroid dienone is 1. The largest absolute Gasteiger partial charge is 0.466 e. The number of H-pyrrole nitrogens is 1. The number of rotatable bonds is 6. The fourth-order valence-corrected chi connectivity index (χ4v) is 4.14. The molecule has 0 saturated heterocycles. The molecule has 2 N–H and O–H groups in total. The number of methoxy groups -OCH3 is 1. The van der Waals surface area contributed by atoms with Gasteiger partial charge in [-0.15, -0.1) is 0 Å². The number of fused-ring (bicyclic) bond motifs is 2. The molecule has 4 nitrogen and oxygen atoms in total. The molecule has 0 aliphatic heterocycles. The Morgan fingerprint density at radius 3 is 3.00 bits per heavy atom. The molecule has 0 spiro atoms. The number of benzene rings is 2. The molecule has 0 radical (unpaired) electrons. The first-order chi connectivity index (χ1) is 14.0. The smallest absolute Gasteiger partial charge is 0.330 e. The highest BCUT2D eigenvalue weighted by atomic mass is 19.1. The highest BCUT2D eigenvalue weighted by Gasteiger charge is 2.22. The molecular weight excluding hydrogens is 367 g/mol. The number of hydrogen-bond donors (Lipinski definition) is 2. The maximum Gasteiger partial charge on any atom is 0.330 e. The van der Waals surface area contributed by atoms with Crippen LogP contribution in [0.2, 0.25) is 0 Å². The molecule has 0 fully saturated rings. The van der Waals surface area contributed by atoms with Crippen LogP contribution >= 0.6 is 0 Å². The van der Waals surface area contributed by atoms with E-state index in [1.807, 2.05) is 19.2 Å². The van der Waals surface area contributed by atoms with Crippen molar-refractivity contribution in [1.29, 1.82) is 0 Å². The lowest BCUT2D eigenvalue weighted by Gasteiger charge is -2.14. The maximum atomic E-state index is 13.3. The zero-order chi connectivity index (χ0) is 20.4. The van der Waals surface area contributed by atoms with Gasteiger partial charge in [0.2, 0.25) is 0 Å². The van der Waals surface area contributed by atoms with Crippen molar-refractivity contribution in [3.8, 4) is 0 Å². The summed E-state index contributed by atoms with van der Waals surface area (Å²) in [4.78, 5) is 14.6. The standard InChI is InChI=1S/C24H25FN2O2/c1-15(11-24(28)29-2)16-3-6-20-17(12-16)4-8-22(20)26-10-9-18-14-27-23-13-19(25)5-7-21(18)23/h3,5-7,11-14,22,26-27H,4,8-10H2,1-2H3/b15-11+. The fraction of sp³-hybridized carbons (Fsp3) is 0.292. The number of esters is 1. The summed E-state index contributed by atoms with van der Waals surface area (Å²) in [5.74, 6) is -0.551. The number of aromatic nitrogens is 1. The van der Waals surface area contributed by atoms with E-state index in [4.69, 9.17) is 4.74 Å². The molecule has 1 unspecified atom stereocenters. The van der Waals surface area contributed by atoms with Gasteiger partial charge in [-0.2, -0.15) is 0 Å². The first-order valence-corrected chi connectivity index (χ1v) is 9.93. The second-order valence-electron chi connectivity index (χ2n) is 7.56. The Balaban J connectivity index is 1.41. The lowest BCUT2D eigenvalue weighted by molar-refractivity contribution is -0.134. The molecule has 0 bridgehead atoms. The summed E-state index contributed by atoms with van der Waals surface area (Å²) in [7, 11) is 1.39. The van der Waals surface area contributed by atoms with Gasteiger partial charge in [0.25, 0.3) is 0 Å². The number of hydrogen-bond acceptors (Lipinski definition) is 3. The Morgan fingerprint density at radius 1 is 1.31 bits per heavy atom. The molecule has 1 atom stereocenters. The van der Waals surface area contributed by atoms with Crippen molar-refractivity contribution in [2.24, 2.45) is 0 Å². The molecule has 0 saturated carbocycles. The highest BCUT2D eigenvalue weighted by Crippen LogP contribution is 2.33. The molecule has 150 valence electrons. The lowest BCUT2D eigenvalue weighted by Crippen LogP contribution is -2.21. The predicted molar refractivity (Wildman–Crippen MR) is 113 cm³/mol. The van der Waals surface area contributed by atoms with E-state index in [0.717, 1.165) is 47.8 Å². The zero-order valence-electron chi connectivity index (χ0n) is 16.7. The Bertz CT molecular complexity index is 1080. The first kappa shape index (κ1) is 19.4. The summed E-state index contributed by atoms with van der Waals surface area (Å²) in [6.07, 6.45) is 6.48. The van der Waals surface area contributed by atoms with Gasteiger partial charge < -0.3 is 15.0 Å². The average molecular weight is 392 g/mol. The van der Waals surface area contributed by atoms with Gasteiger partial charge in [-0.3, -0.25) is 0 Å². The zero-order valence-corrected chi connectivity index (χ0v) is 16.7. The van der Waals surface area contributed by atoms with E-state index in [-0.39, 0.29) is 11.8 Å². The van der Waals surface area contributed by atoms with Gasteiger partial charge in [-0.1, -0.05) is 18.2 Å². The van der Waals surface area contributed by atoms with E-state index >= 15 is 0 Å². The van der Waals surface area contributed by atoms with Crippen LogP contribution in [0, 0.1) is 5.82 Å². The summed E-state index contributed by atoms with van der Waals surface area (Å²) in [5, 5.41) is 4.75. The summed E-state index contributed by atoms with van der Waals surface area (Å²) in [6, 6.07) is 11.6. The number of halogens is 1. The molecule has 5 heteroatoms. The number of aromatic amines is 1. The van der Waals surface area contributed by atoms with E-state index in [9.17, 15) is 9.18 Å². The van der Waals surface area contributed by atoms with Gasteiger partial charge in [0.15, 0.2) is 0 Å². The third kappa shape index (κ3) is 4.10. The summed E-state index contributed by atoms with van der Waals surface area (Å²) in [5.41, 5.74) is 6.67. The molecule has 1 aliphatic carbocycles. The highest BCUT2D eigenvalue weighted by molar-refractivity contribution is 5.90. The van der Waals surface area contributed by atoms with Crippen molar-refractivity contribution >= 4 is 22.4 Å². The van der Waals surface area contributed by atoms with Gasteiger partial charge >= 0.3 is 5.97 Å². The Labute approximate surface area is 169 Å². The summed E-state index contributed by atoms with van der Waals surface area (Å²) < 4.78 is 18.1. The first-order valence-electron chi connectivity index (χ1n) is 9.93. The molecule has 1 heterocycles. The molecule has 3 aromatic rings. The van der Waals surface area contributed by atoms with E-state index in [0.29, 0.717) is 6.04 Å². The number of carbonyl (C=O) groups is 1. The minimum absolute atomic E-state index is 0.220. The van der Waals surface area contributed by atoms with Gasteiger partial charge in [-0.25, -0.2) is 9.18 Å². The summed E-state index contributed by atoms with van der Waals surface area (Å²) >= 11 is 0. The third-order valence-electron chi connectivity index (χ3n) is 5.73. The van der Waals surface area contributed by atoms with Gasteiger partial charge in [0.05, 0.1) is 7.11 Å². The van der Waals surface area contributed by atoms with Crippen LogP contribution in [-0.4, -0.2) is 24.6 Å². The van der Waals surface area contributed by atoms with Gasteiger partial charge in [0.1, 0.15) is 5.82 Å². The SMILES string of the molecule is COC(=O)/C=C(\C)c1ccc2c(c1)CCC2NCCc1c[nH]c2cc(F)ccc12. The van der Waals surface area contributed by atoms with E-state index < -0.39 is 0 Å². The van der Waals surface area contributed by atoms with Crippen molar-refractivity contribution < 1.29 is 13.9 Å². The Kier molecular flexibility index (Phi) is 5.49. The normalized spacial score (nSPS) is 16.2. The number of aryl methyl sites for hydroxylation is 1. The van der Waals surface area contributed by atoms with Crippen molar-refractivity contribution in [1.82, 2.24) is 10.3 Å². The number of carbonyl (C=O) groups excluding carboxylic acids is 1. The van der Waals surface area contributed by atoms with Crippen molar-refractivity contribution in [3.05, 3.63) is 76.7 Å². The second kappa shape index (κ2) is 8.21. The van der Waals surface area contributed by atoms with Crippen molar-refractivity contribution in [3.63, 3.8) is 0 Å². The molecule has 1 aliphatic rings. The molecule has 4 rings (SSSR count). The minimum atomic E-state index is -0.331. The minimum Gasteiger partial charge on any atom is -0.466 e. The van der Waals surface area contributed by atoms with Crippen LogP contribution in [0.25, 0.3) is 16.5 Å². The van der Waals surface area contributed by atoms with Crippen LogP contribution in [0.4, 0.5) is 4.39 Å². The monoisotopic (exact) mass is 392 g/mol. The molecule has 0 amide bonds. The third-order valence-corrected chi connectivity index (χ3v) is 5.73. The predicted octanol–water partition coefficient (Wildman–Crippen LogP) is 4.70.